The molecule has 4 atom stereocenters. The van der Waals surface area contributed by atoms with Gasteiger partial charge in [0, 0.05) is 11.6 Å². The number of hydrogen-bond donors (Lipinski definition) is 2. The Labute approximate surface area is 163 Å². The number of amides is 1. The molecule has 8 heteroatoms. The van der Waals surface area contributed by atoms with Crippen molar-refractivity contribution < 1.29 is 9.18 Å². The first kappa shape index (κ1) is 19.7. The molecule has 1 fully saturated rings. The van der Waals surface area contributed by atoms with E-state index in [2.05, 4.69) is 29.4 Å². The van der Waals surface area contributed by atoms with Gasteiger partial charge < -0.3 is 11.2 Å². The molecule has 3 N–H and O–H groups in total. The summed E-state index contributed by atoms with van der Waals surface area (Å²) in [4.78, 5) is 12.6. The van der Waals surface area contributed by atoms with E-state index in [0.29, 0.717) is 28.4 Å². The van der Waals surface area contributed by atoms with Crippen LogP contribution in [0.5, 0.6) is 0 Å². The molecule has 6 nitrogen and oxygen atoms in total. The standard InChI is InChI=1S/C19H26FN5OS/c1-11-6-4-9-16(12(11)2)22-18(26)13(3)27-19-24-23-17(25(19)21)14-7-5-8-15(20)10-14/h5,7-8,10-13,16H,4,6,9,21H2,1-3H3,(H,22,26)/t11-,12+,13+,16-/m0/s1. The van der Waals surface area contributed by atoms with E-state index >= 15 is 0 Å². The van der Waals surface area contributed by atoms with Gasteiger partial charge in [0.05, 0.1) is 5.25 Å². The number of halogens is 1. The normalized spacial score (nSPS) is 23.8. The lowest BCUT2D eigenvalue weighted by molar-refractivity contribution is -0.121. The largest absolute Gasteiger partial charge is 0.352 e. The SMILES string of the molecule is C[C@H]1[C@@H](NC(=O)[C@@H](C)Sc2nnc(-c3cccc(F)c3)n2N)CCC[C@@H]1C. The number of nitrogen functional groups attached to an aromatic ring is 1. The van der Waals surface area contributed by atoms with Gasteiger partial charge in [-0.05, 0) is 37.3 Å². The molecule has 0 spiro atoms. The fraction of sp³-hybridized carbons (Fsp3) is 0.526. The number of nitrogens with zero attached hydrogens (tertiary/aromatic N) is 3. The summed E-state index contributed by atoms with van der Waals surface area (Å²) in [5, 5.41) is 11.3. The third-order valence-corrected chi connectivity index (χ3v) is 6.49. The Bertz CT molecular complexity index is 811. The van der Waals surface area contributed by atoms with E-state index in [1.807, 2.05) is 6.92 Å². The van der Waals surface area contributed by atoms with Crippen molar-refractivity contribution in [1.29, 1.82) is 0 Å². The Morgan fingerprint density at radius 2 is 2.15 bits per heavy atom. The smallest absolute Gasteiger partial charge is 0.233 e. The molecule has 1 amide bonds. The van der Waals surface area contributed by atoms with E-state index in [4.69, 9.17) is 5.84 Å². The van der Waals surface area contributed by atoms with Crippen LogP contribution in [0.15, 0.2) is 29.4 Å². The topological polar surface area (TPSA) is 85.8 Å². The third kappa shape index (κ3) is 4.43. The summed E-state index contributed by atoms with van der Waals surface area (Å²) in [6, 6.07) is 6.23. The third-order valence-electron chi connectivity index (χ3n) is 5.43. The van der Waals surface area contributed by atoms with E-state index < -0.39 is 0 Å². The van der Waals surface area contributed by atoms with Crippen LogP contribution in [-0.4, -0.2) is 32.1 Å². The molecule has 1 heterocycles. The number of nitrogens with one attached hydrogen (secondary N) is 1. The van der Waals surface area contributed by atoms with Crippen molar-refractivity contribution in [2.45, 2.75) is 56.5 Å². The molecule has 2 aromatic rings. The number of thioether (sulfide) groups is 1. The Morgan fingerprint density at radius 3 is 2.89 bits per heavy atom. The van der Waals surface area contributed by atoms with Gasteiger partial charge in [0.2, 0.25) is 11.1 Å². The summed E-state index contributed by atoms with van der Waals surface area (Å²) in [6.07, 6.45) is 3.38. The van der Waals surface area contributed by atoms with Crippen molar-refractivity contribution in [2.24, 2.45) is 11.8 Å². The van der Waals surface area contributed by atoms with Crippen molar-refractivity contribution in [3.05, 3.63) is 30.1 Å². The van der Waals surface area contributed by atoms with Gasteiger partial charge >= 0.3 is 0 Å². The second kappa shape index (κ2) is 8.29. The second-order valence-corrected chi connectivity index (χ2v) is 8.64. The molecule has 0 saturated heterocycles. The van der Waals surface area contributed by atoms with E-state index in [1.54, 1.807) is 12.1 Å². The van der Waals surface area contributed by atoms with Crippen molar-refractivity contribution in [1.82, 2.24) is 20.2 Å². The number of aromatic nitrogens is 3. The van der Waals surface area contributed by atoms with Crippen LogP contribution in [0.3, 0.4) is 0 Å². The quantitative estimate of drug-likeness (QED) is 0.604. The Balaban J connectivity index is 1.65. The molecular weight excluding hydrogens is 365 g/mol. The van der Waals surface area contributed by atoms with Crippen molar-refractivity contribution in [2.75, 3.05) is 5.84 Å². The van der Waals surface area contributed by atoms with Crippen LogP contribution in [0.2, 0.25) is 0 Å². The fourth-order valence-electron chi connectivity index (χ4n) is 3.48. The molecule has 0 bridgehead atoms. The zero-order valence-electron chi connectivity index (χ0n) is 15.9. The van der Waals surface area contributed by atoms with Gasteiger partial charge in [-0.25, -0.2) is 9.07 Å². The fourth-order valence-corrected chi connectivity index (χ4v) is 4.26. The summed E-state index contributed by atoms with van der Waals surface area (Å²) < 4.78 is 14.7. The maximum absolute atomic E-state index is 13.4. The van der Waals surface area contributed by atoms with E-state index in [1.165, 1.54) is 35.0 Å². The Hall–Kier alpha value is -2.09. The molecule has 1 saturated carbocycles. The van der Waals surface area contributed by atoms with E-state index in [0.717, 1.165) is 12.8 Å². The van der Waals surface area contributed by atoms with Crippen LogP contribution in [0.25, 0.3) is 11.4 Å². The number of carbonyl (C=O) groups is 1. The number of rotatable bonds is 5. The molecule has 0 unspecified atom stereocenters. The number of benzene rings is 1. The minimum Gasteiger partial charge on any atom is -0.352 e. The van der Waals surface area contributed by atoms with Crippen LogP contribution in [0, 0.1) is 17.7 Å². The number of hydrogen-bond acceptors (Lipinski definition) is 5. The zero-order chi connectivity index (χ0) is 19.6. The highest BCUT2D eigenvalue weighted by Gasteiger charge is 2.30. The number of carbonyl (C=O) groups excluding carboxylic acids is 1. The maximum Gasteiger partial charge on any atom is 0.233 e. The highest BCUT2D eigenvalue weighted by atomic mass is 32.2. The lowest BCUT2D eigenvalue weighted by Crippen LogP contribution is -2.46. The Morgan fingerprint density at radius 1 is 1.37 bits per heavy atom. The monoisotopic (exact) mass is 391 g/mol. The van der Waals surface area contributed by atoms with Gasteiger partial charge in [0.25, 0.3) is 0 Å². The highest BCUT2D eigenvalue weighted by molar-refractivity contribution is 8.00. The Kier molecular flexibility index (Phi) is 6.04. The van der Waals surface area contributed by atoms with E-state index in [9.17, 15) is 9.18 Å². The lowest BCUT2D eigenvalue weighted by atomic mass is 9.78. The average Bonchev–Trinajstić information content (AvgIpc) is 2.99. The molecule has 0 aliphatic heterocycles. The van der Waals surface area contributed by atoms with Gasteiger partial charge in [-0.1, -0.05) is 50.6 Å². The first-order chi connectivity index (χ1) is 12.9. The molecule has 1 aliphatic rings. The second-order valence-electron chi connectivity index (χ2n) is 7.33. The first-order valence-electron chi connectivity index (χ1n) is 9.30. The molecule has 146 valence electrons. The highest BCUT2D eigenvalue weighted by Crippen LogP contribution is 2.30. The predicted octanol–water partition coefficient (Wildman–Crippen LogP) is 3.22. The van der Waals surface area contributed by atoms with Crippen LogP contribution >= 0.6 is 11.8 Å². The molecule has 27 heavy (non-hydrogen) atoms. The average molecular weight is 392 g/mol. The van der Waals surface area contributed by atoms with Gasteiger partial charge in [-0.15, -0.1) is 10.2 Å². The summed E-state index contributed by atoms with van der Waals surface area (Å²) >= 11 is 1.25. The summed E-state index contributed by atoms with van der Waals surface area (Å²) in [5.41, 5.74) is 0.541. The minimum atomic E-state index is -0.367. The minimum absolute atomic E-state index is 0.0266. The summed E-state index contributed by atoms with van der Waals surface area (Å²) in [7, 11) is 0. The van der Waals surface area contributed by atoms with E-state index in [-0.39, 0.29) is 23.0 Å². The first-order valence-corrected chi connectivity index (χ1v) is 10.2. The predicted molar refractivity (Wildman–Crippen MR) is 105 cm³/mol. The molecule has 0 radical (unpaired) electrons. The van der Waals surface area contributed by atoms with Gasteiger partial charge in [0.1, 0.15) is 5.82 Å². The van der Waals surface area contributed by atoms with Crippen LogP contribution in [-0.2, 0) is 4.79 Å². The molecular formula is C19H26FN5OS. The van der Waals surface area contributed by atoms with Crippen LogP contribution in [0.1, 0.15) is 40.0 Å². The molecule has 1 aromatic heterocycles. The van der Waals surface area contributed by atoms with Crippen LogP contribution < -0.4 is 11.2 Å². The van der Waals surface area contributed by atoms with Gasteiger partial charge in [-0.2, -0.15) is 0 Å². The number of nitrogens with two attached hydrogens (primary N) is 1. The summed E-state index contributed by atoms with van der Waals surface area (Å²) in [5.74, 6) is 7.13. The van der Waals surface area contributed by atoms with Crippen molar-refractivity contribution in [3.8, 4) is 11.4 Å². The van der Waals surface area contributed by atoms with Crippen LogP contribution in [0.4, 0.5) is 4.39 Å². The van der Waals surface area contributed by atoms with Gasteiger partial charge in [-0.3, -0.25) is 4.79 Å². The zero-order valence-corrected chi connectivity index (χ0v) is 16.7. The molecule has 1 aromatic carbocycles. The van der Waals surface area contributed by atoms with Gasteiger partial charge in [0.15, 0.2) is 5.82 Å². The lowest BCUT2D eigenvalue weighted by Gasteiger charge is -2.35. The molecule has 3 rings (SSSR count). The summed E-state index contributed by atoms with van der Waals surface area (Å²) in [6.45, 7) is 6.27. The molecule has 1 aliphatic carbocycles. The van der Waals surface area contributed by atoms with Crippen molar-refractivity contribution in [3.63, 3.8) is 0 Å². The van der Waals surface area contributed by atoms with Crippen molar-refractivity contribution >= 4 is 17.7 Å². The maximum atomic E-state index is 13.4.